The molecule has 0 radical (unpaired) electrons. The van der Waals surface area contributed by atoms with Crippen LogP contribution < -0.4 is 0 Å². The molecule has 0 aromatic heterocycles. The summed E-state index contributed by atoms with van der Waals surface area (Å²) in [6, 6.07) is 0. The van der Waals surface area contributed by atoms with Gasteiger partial charge in [-0.05, 0) is 0 Å². The SMILES string of the molecule is O.O.[BaH2].[LiH]. The average molecular weight is 183 g/mol. The van der Waals surface area contributed by atoms with E-state index in [1.807, 2.05) is 0 Å². The summed E-state index contributed by atoms with van der Waals surface area (Å²) < 4.78 is 0. The van der Waals surface area contributed by atoms with E-state index in [1.54, 1.807) is 0 Å². The van der Waals surface area contributed by atoms with Gasteiger partial charge in [0.1, 0.15) is 0 Å². The summed E-state index contributed by atoms with van der Waals surface area (Å²) >= 11 is 0. The van der Waals surface area contributed by atoms with Gasteiger partial charge in [0, 0.05) is 0 Å². The Hall–Kier alpha value is 2.09. The van der Waals surface area contributed by atoms with Crippen LogP contribution in [0.15, 0.2) is 0 Å². The van der Waals surface area contributed by atoms with Gasteiger partial charge in [-0.1, -0.05) is 0 Å². The molecule has 0 aliphatic carbocycles. The Kier molecular flexibility index (Phi) is 176. The zero-order valence-electron chi connectivity index (χ0n) is 1.00. The van der Waals surface area contributed by atoms with Crippen LogP contribution in [0.2, 0.25) is 0 Å². The molecule has 0 aliphatic rings. The van der Waals surface area contributed by atoms with Gasteiger partial charge in [0.05, 0.1) is 0 Å². The summed E-state index contributed by atoms with van der Waals surface area (Å²) in [5.41, 5.74) is 0. The van der Waals surface area contributed by atoms with Gasteiger partial charge in [-0.2, -0.15) is 0 Å². The van der Waals surface area contributed by atoms with Crippen LogP contribution >= 0.6 is 0 Å². The van der Waals surface area contributed by atoms with Crippen LogP contribution in [0.5, 0.6) is 0 Å². The van der Waals surface area contributed by atoms with Crippen molar-refractivity contribution in [3.8, 4) is 0 Å². The first-order chi connectivity index (χ1) is 0. The first-order valence-electron chi connectivity index (χ1n) is 0. The van der Waals surface area contributed by atoms with Gasteiger partial charge >= 0.3 is 67.7 Å². The van der Waals surface area contributed by atoms with Gasteiger partial charge in [0.25, 0.3) is 0 Å². The van der Waals surface area contributed by atoms with E-state index in [2.05, 4.69) is 0 Å². The van der Waals surface area contributed by atoms with E-state index in [9.17, 15) is 0 Å². The third-order valence-electron chi connectivity index (χ3n) is 0. The molecule has 0 aliphatic heterocycles. The molecule has 0 aromatic rings. The Morgan fingerprint density at radius 2 is 0.750 bits per heavy atom. The molecule has 0 amide bonds. The van der Waals surface area contributed by atoms with Gasteiger partial charge in [-0.25, -0.2) is 0 Å². The average Bonchev–Trinajstić information content (AvgIpc) is 0. The van der Waals surface area contributed by atoms with E-state index in [-0.39, 0.29) is 78.7 Å². The molecular formula is H7BaLiO2. The minimum atomic E-state index is 0. The Labute approximate surface area is 77.2 Å². The first-order valence-corrected chi connectivity index (χ1v) is 0. The van der Waals surface area contributed by atoms with E-state index < -0.39 is 0 Å². The summed E-state index contributed by atoms with van der Waals surface area (Å²) in [6.07, 6.45) is 0. The molecule has 0 fully saturated rings. The van der Waals surface area contributed by atoms with Gasteiger partial charge in [-0.15, -0.1) is 0 Å². The maximum absolute atomic E-state index is 0. The Morgan fingerprint density at radius 3 is 0.750 bits per heavy atom. The van der Waals surface area contributed by atoms with Gasteiger partial charge < -0.3 is 11.0 Å². The van der Waals surface area contributed by atoms with Crippen molar-refractivity contribution in [2.75, 3.05) is 0 Å². The van der Waals surface area contributed by atoms with Crippen molar-refractivity contribution in [1.82, 2.24) is 0 Å². The molecule has 2 nitrogen and oxygen atoms in total. The predicted octanol–water partition coefficient (Wildman–Crippen LogP) is -3.21. The van der Waals surface area contributed by atoms with E-state index >= 15 is 0 Å². The van der Waals surface area contributed by atoms with Crippen molar-refractivity contribution >= 4 is 67.7 Å². The van der Waals surface area contributed by atoms with Gasteiger partial charge in [0.15, 0.2) is 0 Å². The van der Waals surface area contributed by atoms with Crippen molar-refractivity contribution < 1.29 is 11.0 Å². The summed E-state index contributed by atoms with van der Waals surface area (Å²) in [4.78, 5) is 0. The molecule has 4 heteroatoms. The van der Waals surface area contributed by atoms with E-state index in [0.29, 0.717) is 0 Å². The standard InChI is InChI=1S/Ba.Li.2H2O.3H/h;;2*1H2;;;. The van der Waals surface area contributed by atoms with Crippen molar-refractivity contribution in [1.29, 1.82) is 0 Å². The molecule has 0 atom stereocenters. The molecule has 0 spiro atoms. The second-order valence-electron chi connectivity index (χ2n) is 0. The quantitative estimate of drug-likeness (QED) is 0.355. The summed E-state index contributed by atoms with van der Waals surface area (Å²) in [5.74, 6) is 0. The predicted molar refractivity (Wildman–Crippen MR) is 22.9 cm³/mol. The molecule has 4 heavy (non-hydrogen) atoms. The number of hydrogen-bond donors (Lipinski definition) is 0. The van der Waals surface area contributed by atoms with Crippen molar-refractivity contribution in [3.63, 3.8) is 0 Å². The second kappa shape index (κ2) is 19.5. The van der Waals surface area contributed by atoms with Gasteiger partial charge in [-0.3, -0.25) is 0 Å². The molecule has 0 rings (SSSR count). The number of rotatable bonds is 0. The molecule has 0 saturated heterocycles. The Morgan fingerprint density at radius 1 is 0.750 bits per heavy atom. The molecule has 22 valence electrons. The fourth-order valence-electron chi connectivity index (χ4n) is 0. The third-order valence-corrected chi connectivity index (χ3v) is 0. The van der Waals surface area contributed by atoms with Crippen LogP contribution in [-0.4, -0.2) is 78.7 Å². The minimum absolute atomic E-state index is 0. The zero-order valence-corrected chi connectivity index (χ0v) is 1.00. The molecule has 0 unspecified atom stereocenters. The number of hydrogen-bond acceptors (Lipinski definition) is 0. The molecule has 0 bridgehead atoms. The molecule has 0 heterocycles. The normalized spacial score (nSPS) is 0. The second-order valence-corrected chi connectivity index (χ2v) is 0. The maximum atomic E-state index is 0. The van der Waals surface area contributed by atoms with E-state index in [1.165, 1.54) is 0 Å². The summed E-state index contributed by atoms with van der Waals surface area (Å²) in [7, 11) is 0. The van der Waals surface area contributed by atoms with Crippen molar-refractivity contribution in [3.05, 3.63) is 0 Å². The topological polar surface area (TPSA) is 63.0 Å². The van der Waals surface area contributed by atoms with Gasteiger partial charge in [0.2, 0.25) is 0 Å². The van der Waals surface area contributed by atoms with Crippen LogP contribution in [0.4, 0.5) is 0 Å². The van der Waals surface area contributed by atoms with E-state index in [0.717, 1.165) is 0 Å². The molecule has 0 saturated carbocycles. The Bertz CT molecular complexity index is 6.00. The molecule has 0 aromatic carbocycles. The van der Waals surface area contributed by atoms with Crippen LogP contribution in [0.3, 0.4) is 0 Å². The van der Waals surface area contributed by atoms with Crippen LogP contribution in [-0.2, 0) is 0 Å². The molecular weight excluding hydrogens is 176 g/mol. The van der Waals surface area contributed by atoms with Crippen molar-refractivity contribution in [2.24, 2.45) is 0 Å². The van der Waals surface area contributed by atoms with E-state index in [4.69, 9.17) is 0 Å². The third kappa shape index (κ3) is 8.94. The van der Waals surface area contributed by atoms with Crippen LogP contribution in [0.25, 0.3) is 0 Å². The first kappa shape index (κ1) is 36.1. The van der Waals surface area contributed by atoms with Crippen molar-refractivity contribution in [2.45, 2.75) is 0 Å². The Balaban J connectivity index is 0. The zero-order chi connectivity index (χ0) is 0. The fraction of sp³-hybridized carbons (Fsp3) is 0. The van der Waals surface area contributed by atoms with Crippen LogP contribution in [0.1, 0.15) is 0 Å². The van der Waals surface area contributed by atoms with Crippen LogP contribution in [0, 0.1) is 0 Å². The summed E-state index contributed by atoms with van der Waals surface area (Å²) in [5, 5.41) is 0. The fourth-order valence-corrected chi connectivity index (χ4v) is 0. The summed E-state index contributed by atoms with van der Waals surface area (Å²) in [6.45, 7) is 0. The molecule has 4 N–H and O–H groups in total. The monoisotopic (exact) mass is 184 g/mol.